The molecule has 0 bridgehead atoms. The molecule has 0 spiro atoms. The highest BCUT2D eigenvalue weighted by molar-refractivity contribution is 7.86. The molecule has 4 rings (SSSR count). The van der Waals surface area contributed by atoms with Gasteiger partial charge in [0.2, 0.25) is 5.69 Å². The van der Waals surface area contributed by atoms with Crippen LogP contribution in [0.15, 0.2) is 82.3 Å². The normalized spacial score (nSPS) is 20.0. The number of allylic oxidation sites excluding steroid dienone is 6. The van der Waals surface area contributed by atoms with Gasteiger partial charge in [0.15, 0.2) is 5.71 Å². The van der Waals surface area contributed by atoms with Crippen LogP contribution in [0.5, 0.6) is 0 Å². The number of carboxylic acids is 1. The summed E-state index contributed by atoms with van der Waals surface area (Å²) in [5.74, 6) is -1.44. The smallest absolute Gasteiger partial charge is 0.303 e. The number of benzene rings is 2. The molecule has 2 aliphatic rings. The molecule has 0 saturated carbocycles. The van der Waals surface area contributed by atoms with E-state index < -0.39 is 52.9 Å². The fourth-order valence-electron chi connectivity index (χ4n) is 8.00. The number of nitrogens with zero attached hydrogens (tertiary/aromatic N) is 2. The van der Waals surface area contributed by atoms with Gasteiger partial charge >= 0.3 is 5.97 Å². The molecule has 0 aliphatic carbocycles. The van der Waals surface area contributed by atoms with Gasteiger partial charge in [0, 0.05) is 74.7 Å². The summed E-state index contributed by atoms with van der Waals surface area (Å²) in [4.78, 5) is 12.6. The quantitative estimate of drug-likeness (QED) is 0.0382. The molecular weight excluding hydrogens is 869 g/mol. The number of methoxy groups -OCH3 is 2. The van der Waals surface area contributed by atoms with Gasteiger partial charge in [0.1, 0.15) is 6.54 Å². The number of hydrogen-bond acceptors (Lipinski definition) is 12. The van der Waals surface area contributed by atoms with Crippen molar-refractivity contribution in [2.45, 2.75) is 79.4 Å². The number of fused-ring (bicyclic) bond motifs is 2. The number of carbonyl (C=O) groups is 1. The Labute approximate surface area is 365 Å². The van der Waals surface area contributed by atoms with Crippen molar-refractivity contribution in [3.63, 3.8) is 0 Å². The van der Waals surface area contributed by atoms with Crippen LogP contribution < -0.4 is 4.90 Å². The zero-order valence-corrected chi connectivity index (χ0v) is 38.0. The van der Waals surface area contributed by atoms with Crippen LogP contribution in [0.1, 0.15) is 69.9 Å². The number of anilines is 1. The maximum Gasteiger partial charge on any atom is 0.303 e. The fourth-order valence-corrected chi connectivity index (χ4v) is 9.53. The summed E-state index contributed by atoms with van der Waals surface area (Å²) in [7, 11) is -10.3. The predicted octanol–water partition coefficient (Wildman–Crippen LogP) is 5.34. The average Bonchev–Trinajstić information content (AvgIpc) is 3.56. The maximum absolute atomic E-state index is 12.3. The first-order valence-corrected chi connectivity index (χ1v) is 24.7. The minimum absolute atomic E-state index is 0.00442. The Kier molecular flexibility index (Phi) is 18.2. The van der Waals surface area contributed by atoms with E-state index in [1.54, 1.807) is 38.5 Å². The second kappa shape index (κ2) is 22.2. The van der Waals surface area contributed by atoms with E-state index in [0.717, 1.165) is 11.4 Å². The van der Waals surface area contributed by atoms with Gasteiger partial charge in [-0.05, 0) is 87.9 Å². The highest BCUT2D eigenvalue weighted by Gasteiger charge is 2.48. The molecule has 4 N–H and O–H groups in total. The molecule has 2 atom stereocenters. The first-order chi connectivity index (χ1) is 29.2. The van der Waals surface area contributed by atoms with E-state index in [-0.39, 0.29) is 29.1 Å². The number of carboxylic acid groups (broad SMARTS) is 1. The summed E-state index contributed by atoms with van der Waals surface area (Å²) in [6.45, 7) is 6.82. The third-order valence-electron chi connectivity index (χ3n) is 11.2. The van der Waals surface area contributed by atoms with Gasteiger partial charge in [-0.15, -0.1) is 0 Å². The van der Waals surface area contributed by atoms with Crippen LogP contribution in [0, 0.1) is 0 Å². The van der Waals surface area contributed by atoms with Gasteiger partial charge in [-0.25, -0.2) is 0 Å². The molecule has 0 aromatic heterocycles. The Morgan fingerprint density at radius 2 is 1.35 bits per heavy atom. The Hall–Kier alpha value is -3.83. The third kappa shape index (κ3) is 13.3. The van der Waals surface area contributed by atoms with Crippen LogP contribution in [-0.4, -0.2) is 133 Å². The van der Waals surface area contributed by atoms with Crippen molar-refractivity contribution < 1.29 is 72.3 Å². The molecule has 0 radical (unpaired) electrons. The predicted molar refractivity (Wildman–Crippen MR) is 232 cm³/mol. The Morgan fingerprint density at radius 1 is 0.726 bits per heavy atom. The lowest BCUT2D eigenvalue weighted by Gasteiger charge is -2.30. The SMILES string of the molecule is COCCOCCOCCC1(C)C(=CC=CC=CC2=[N+](CCCCCC(=O)O)c3ccc(S(=O)(=O)O)cc3C2(C)CCCS(=O)(=O)O)N(CCOC)c2ccc(S(=O)(=O)O)cc21. The number of hydrogen-bond donors (Lipinski definition) is 4. The summed E-state index contributed by atoms with van der Waals surface area (Å²) in [5.41, 5.74) is 2.26. The Bertz CT molecular complexity index is 2360. The van der Waals surface area contributed by atoms with Crippen LogP contribution in [0.3, 0.4) is 0 Å². The van der Waals surface area contributed by atoms with Crippen molar-refractivity contribution in [1.29, 1.82) is 0 Å². The minimum Gasteiger partial charge on any atom is -0.481 e. The largest absolute Gasteiger partial charge is 0.481 e. The van der Waals surface area contributed by atoms with Crippen LogP contribution in [-0.2, 0) is 64.9 Å². The topological polar surface area (TPSA) is 244 Å². The van der Waals surface area contributed by atoms with Crippen molar-refractivity contribution in [3.8, 4) is 0 Å². The molecule has 2 aromatic rings. The monoisotopic (exact) mass is 927 g/mol. The van der Waals surface area contributed by atoms with Crippen LogP contribution in [0.25, 0.3) is 0 Å². The zero-order chi connectivity index (χ0) is 45.8. The highest BCUT2D eigenvalue weighted by Crippen LogP contribution is 2.51. The first kappa shape index (κ1) is 50.8. The number of ether oxygens (including phenoxy) is 4. The van der Waals surface area contributed by atoms with E-state index in [1.807, 2.05) is 41.6 Å². The van der Waals surface area contributed by atoms with E-state index in [9.17, 15) is 43.7 Å². The van der Waals surface area contributed by atoms with Crippen LogP contribution >= 0.6 is 0 Å². The number of unbranched alkanes of at least 4 members (excludes halogenated alkanes) is 2. The maximum atomic E-state index is 12.3. The van der Waals surface area contributed by atoms with Crippen LogP contribution in [0.4, 0.5) is 11.4 Å². The van der Waals surface area contributed by atoms with Gasteiger partial charge in [0.25, 0.3) is 30.4 Å². The summed E-state index contributed by atoms with van der Waals surface area (Å²) in [6.07, 6.45) is 11.4. The van der Waals surface area contributed by atoms with Crippen LogP contribution in [0.2, 0.25) is 0 Å². The molecule has 2 heterocycles. The van der Waals surface area contributed by atoms with Crippen molar-refractivity contribution in [2.24, 2.45) is 0 Å². The lowest BCUT2D eigenvalue weighted by molar-refractivity contribution is -0.438. The molecule has 62 heavy (non-hydrogen) atoms. The van der Waals surface area contributed by atoms with Gasteiger partial charge < -0.3 is 29.0 Å². The molecule has 2 aromatic carbocycles. The molecule has 2 aliphatic heterocycles. The van der Waals surface area contributed by atoms with Gasteiger partial charge in [-0.1, -0.05) is 18.2 Å². The summed E-state index contributed by atoms with van der Waals surface area (Å²) >= 11 is 0. The highest BCUT2D eigenvalue weighted by atomic mass is 32.2. The second-order valence-electron chi connectivity index (χ2n) is 15.5. The summed E-state index contributed by atoms with van der Waals surface area (Å²) in [5, 5.41) is 9.15. The molecule has 0 saturated heterocycles. The Balaban J connectivity index is 1.77. The number of rotatable bonds is 27. The van der Waals surface area contributed by atoms with Gasteiger partial charge in [-0.2, -0.15) is 29.8 Å². The van der Waals surface area contributed by atoms with Gasteiger partial charge in [-0.3, -0.25) is 18.5 Å². The molecule has 0 amide bonds. The molecule has 344 valence electrons. The van der Waals surface area contributed by atoms with Gasteiger partial charge in [0.05, 0.1) is 54.0 Å². The number of aliphatic carboxylic acids is 1. The first-order valence-electron chi connectivity index (χ1n) is 20.2. The van der Waals surface area contributed by atoms with Crippen molar-refractivity contribution >= 4 is 53.4 Å². The van der Waals surface area contributed by atoms with E-state index >= 15 is 0 Å². The van der Waals surface area contributed by atoms with E-state index in [4.69, 9.17) is 24.1 Å². The zero-order valence-electron chi connectivity index (χ0n) is 35.6. The lowest BCUT2D eigenvalue weighted by Crippen LogP contribution is -2.32. The molecule has 0 fully saturated rings. The van der Waals surface area contributed by atoms with E-state index in [0.29, 0.717) is 101 Å². The fraction of sp³-hybridized carbons (Fsp3) is 0.524. The minimum atomic E-state index is -4.61. The third-order valence-corrected chi connectivity index (χ3v) is 13.7. The van der Waals surface area contributed by atoms with E-state index in [2.05, 4.69) is 0 Å². The van der Waals surface area contributed by atoms with Crippen molar-refractivity contribution in [1.82, 2.24) is 0 Å². The molecular formula is C42H59N2O15S3+. The summed E-state index contributed by atoms with van der Waals surface area (Å²) < 4.78 is 126. The average molecular weight is 928 g/mol. The lowest BCUT2D eigenvalue weighted by atomic mass is 9.76. The van der Waals surface area contributed by atoms with Crippen molar-refractivity contribution in [2.75, 3.05) is 77.6 Å². The standard InChI is InChI=1S/C42H58N2O15S3/c1-41(19-11-29-60(47,48)49)34-30-32(61(50,51)52)15-17-36(34)43(21-10-6-9-14-40(45)46)38(41)12-7-5-8-13-39-42(2,20-23-58-27-28-59-26-25-57-4)35-31-33(62(53,54)55)16-18-37(35)44(39)22-24-56-3/h5,7-8,12-13,15-18,30-31H,6,9-11,14,19-29H2,1-4H3,(H3-,45,46,47,48,49,50,51,52,53,54,55)/p+1. The Morgan fingerprint density at radius 3 is 1.98 bits per heavy atom. The second-order valence-corrected chi connectivity index (χ2v) is 19.9. The summed E-state index contributed by atoms with van der Waals surface area (Å²) in [6, 6.07) is 8.72. The molecule has 2 unspecified atom stereocenters. The van der Waals surface area contributed by atoms with E-state index in [1.165, 1.54) is 24.3 Å². The van der Waals surface area contributed by atoms with Crippen molar-refractivity contribution in [3.05, 3.63) is 83.6 Å². The molecule has 20 heteroatoms. The molecule has 17 nitrogen and oxygen atoms in total.